The van der Waals surface area contributed by atoms with E-state index in [-0.39, 0.29) is 0 Å². The summed E-state index contributed by atoms with van der Waals surface area (Å²) in [5, 5.41) is 3.38. The molecule has 3 N–H and O–H groups in total. The highest BCUT2D eigenvalue weighted by Gasteiger charge is 2.15. The Kier molecular flexibility index (Phi) is 1.73. The van der Waals surface area contributed by atoms with Crippen molar-refractivity contribution < 1.29 is 0 Å². The second-order valence-electron chi connectivity index (χ2n) is 3.23. The molecular formula is C9H13N3. The molecule has 0 saturated carbocycles. The van der Waals surface area contributed by atoms with Gasteiger partial charge in [-0.1, -0.05) is 0 Å². The number of nitrogens with zero attached hydrogens (tertiary/aromatic N) is 1. The van der Waals surface area contributed by atoms with Gasteiger partial charge >= 0.3 is 0 Å². The van der Waals surface area contributed by atoms with E-state index >= 15 is 0 Å². The number of hydrogen-bond acceptors (Lipinski definition) is 3. The van der Waals surface area contributed by atoms with Crippen LogP contribution in [0.2, 0.25) is 0 Å². The van der Waals surface area contributed by atoms with Crippen LogP contribution in [0.15, 0.2) is 12.3 Å². The Morgan fingerprint density at radius 1 is 1.67 bits per heavy atom. The van der Waals surface area contributed by atoms with Crippen molar-refractivity contribution in [2.24, 2.45) is 0 Å². The fraction of sp³-hybridized carbons (Fsp3) is 0.444. The minimum atomic E-state index is 0.416. The zero-order chi connectivity index (χ0) is 8.55. The minimum Gasteiger partial charge on any atom is -0.384 e. The molecule has 1 aliphatic rings. The van der Waals surface area contributed by atoms with Crippen LogP contribution in [0.1, 0.15) is 24.1 Å². The molecule has 2 heterocycles. The van der Waals surface area contributed by atoms with Gasteiger partial charge in [-0.3, -0.25) is 0 Å². The predicted molar refractivity (Wildman–Crippen MR) is 48.8 cm³/mol. The monoisotopic (exact) mass is 163 g/mol. The molecule has 0 fully saturated rings. The first-order valence-electron chi connectivity index (χ1n) is 4.25. The third-order valence-corrected chi connectivity index (χ3v) is 2.36. The van der Waals surface area contributed by atoms with Gasteiger partial charge in [-0.15, -0.1) is 0 Å². The summed E-state index contributed by atoms with van der Waals surface area (Å²) < 4.78 is 0. The molecule has 64 valence electrons. The van der Waals surface area contributed by atoms with Crippen molar-refractivity contribution in [3.8, 4) is 0 Å². The highest BCUT2D eigenvalue weighted by molar-refractivity contribution is 5.39. The Labute approximate surface area is 72.0 Å². The van der Waals surface area contributed by atoms with E-state index in [0.29, 0.717) is 11.9 Å². The lowest BCUT2D eigenvalue weighted by Gasteiger charge is -2.23. The van der Waals surface area contributed by atoms with E-state index in [1.165, 1.54) is 11.1 Å². The van der Waals surface area contributed by atoms with Gasteiger partial charge in [-0.2, -0.15) is 0 Å². The van der Waals surface area contributed by atoms with E-state index in [1.54, 1.807) is 0 Å². The molecule has 0 spiro atoms. The summed E-state index contributed by atoms with van der Waals surface area (Å²) in [6.45, 7) is 3.19. The van der Waals surface area contributed by atoms with Crippen LogP contribution in [0, 0.1) is 0 Å². The molecule has 0 saturated heterocycles. The summed E-state index contributed by atoms with van der Waals surface area (Å²) in [6, 6.07) is 2.38. The van der Waals surface area contributed by atoms with Gasteiger partial charge in [0.25, 0.3) is 0 Å². The molecule has 3 nitrogen and oxygen atoms in total. The number of pyridine rings is 1. The van der Waals surface area contributed by atoms with Crippen molar-refractivity contribution in [3.05, 3.63) is 23.4 Å². The van der Waals surface area contributed by atoms with Crippen LogP contribution in [0.5, 0.6) is 0 Å². The van der Waals surface area contributed by atoms with Crippen molar-refractivity contribution >= 4 is 5.82 Å². The van der Waals surface area contributed by atoms with Crippen molar-refractivity contribution in [3.63, 3.8) is 0 Å². The van der Waals surface area contributed by atoms with Crippen LogP contribution in [0.4, 0.5) is 5.82 Å². The van der Waals surface area contributed by atoms with Crippen LogP contribution in [-0.4, -0.2) is 11.5 Å². The summed E-state index contributed by atoms with van der Waals surface area (Å²) >= 11 is 0. The number of rotatable bonds is 0. The Bertz CT molecular complexity index is 296. The van der Waals surface area contributed by atoms with E-state index in [1.807, 2.05) is 12.3 Å². The predicted octanol–water partition coefficient (Wildman–Crippen LogP) is 0.871. The smallest absolute Gasteiger partial charge is 0.123 e. The minimum absolute atomic E-state index is 0.416. The lowest BCUT2D eigenvalue weighted by atomic mass is 9.97. The lowest BCUT2D eigenvalue weighted by Crippen LogP contribution is -2.28. The first-order valence-corrected chi connectivity index (χ1v) is 4.25. The maximum Gasteiger partial charge on any atom is 0.123 e. The molecule has 0 aromatic carbocycles. The maximum atomic E-state index is 5.61. The van der Waals surface area contributed by atoms with Crippen molar-refractivity contribution in [2.45, 2.75) is 19.4 Å². The van der Waals surface area contributed by atoms with Gasteiger partial charge in [0.1, 0.15) is 5.82 Å². The standard InChI is InChI=1S/C9H13N3/c1-6-8-4-9(10)12-5-7(8)2-3-11-6/h4-6,11H,2-3H2,1H3,(H2,10,12). The molecule has 1 aliphatic heterocycles. The topological polar surface area (TPSA) is 50.9 Å². The highest BCUT2D eigenvalue weighted by atomic mass is 14.9. The average molecular weight is 163 g/mol. The molecule has 1 aromatic rings. The van der Waals surface area contributed by atoms with E-state index in [4.69, 9.17) is 5.73 Å². The summed E-state index contributed by atoms with van der Waals surface area (Å²) in [7, 11) is 0. The van der Waals surface area contributed by atoms with Gasteiger partial charge in [-0.05, 0) is 37.1 Å². The van der Waals surface area contributed by atoms with Crippen LogP contribution in [-0.2, 0) is 6.42 Å². The second kappa shape index (κ2) is 2.75. The molecule has 12 heavy (non-hydrogen) atoms. The maximum absolute atomic E-state index is 5.61. The molecular weight excluding hydrogens is 150 g/mol. The second-order valence-corrected chi connectivity index (χ2v) is 3.23. The van der Waals surface area contributed by atoms with Gasteiger partial charge < -0.3 is 11.1 Å². The first kappa shape index (κ1) is 7.55. The molecule has 0 bridgehead atoms. The van der Waals surface area contributed by atoms with E-state index in [0.717, 1.165) is 13.0 Å². The van der Waals surface area contributed by atoms with Crippen molar-refractivity contribution in [1.82, 2.24) is 10.3 Å². The fourth-order valence-electron chi connectivity index (χ4n) is 1.66. The molecule has 2 rings (SSSR count). The van der Waals surface area contributed by atoms with Crippen LogP contribution < -0.4 is 11.1 Å². The highest BCUT2D eigenvalue weighted by Crippen LogP contribution is 2.22. The molecule has 0 amide bonds. The Hall–Kier alpha value is -1.09. The number of aromatic nitrogens is 1. The number of anilines is 1. The zero-order valence-corrected chi connectivity index (χ0v) is 7.17. The van der Waals surface area contributed by atoms with Crippen LogP contribution >= 0.6 is 0 Å². The van der Waals surface area contributed by atoms with Gasteiger partial charge in [0.15, 0.2) is 0 Å². The molecule has 1 atom stereocenters. The summed E-state index contributed by atoms with van der Waals surface area (Å²) in [4.78, 5) is 4.08. The van der Waals surface area contributed by atoms with E-state index in [2.05, 4.69) is 17.2 Å². The van der Waals surface area contributed by atoms with E-state index < -0.39 is 0 Å². The number of nitrogens with one attached hydrogen (secondary N) is 1. The first-order chi connectivity index (χ1) is 5.77. The fourth-order valence-corrected chi connectivity index (χ4v) is 1.66. The Morgan fingerprint density at radius 3 is 3.33 bits per heavy atom. The Balaban J connectivity index is 2.47. The largest absolute Gasteiger partial charge is 0.384 e. The van der Waals surface area contributed by atoms with Gasteiger partial charge in [0.2, 0.25) is 0 Å². The summed E-state index contributed by atoms with van der Waals surface area (Å²) in [6.07, 6.45) is 2.95. The lowest BCUT2D eigenvalue weighted by molar-refractivity contribution is 0.540. The Morgan fingerprint density at radius 2 is 2.50 bits per heavy atom. The van der Waals surface area contributed by atoms with E-state index in [9.17, 15) is 0 Å². The molecule has 3 heteroatoms. The third-order valence-electron chi connectivity index (χ3n) is 2.36. The molecule has 0 radical (unpaired) electrons. The SMILES string of the molecule is CC1NCCc2cnc(N)cc21. The molecule has 0 aliphatic carbocycles. The number of hydrogen-bond donors (Lipinski definition) is 2. The molecule has 1 unspecified atom stereocenters. The normalized spacial score (nSPS) is 21.9. The van der Waals surface area contributed by atoms with Crippen LogP contribution in [0.3, 0.4) is 0 Å². The average Bonchev–Trinajstić information content (AvgIpc) is 2.07. The summed E-state index contributed by atoms with van der Waals surface area (Å²) in [5.41, 5.74) is 8.23. The number of nitrogen functional groups attached to an aromatic ring is 1. The number of fused-ring (bicyclic) bond motifs is 1. The van der Waals surface area contributed by atoms with Crippen molar-refractivity contribution in [2.75, 3.05) is 12.3 Å². The quantitative estimate of drug-likeness (QED) is 0.596. The van der Waals surface area contributed by atoms with Crippen LogP contribution in [0.25, 0.3) is 0 Å². The summed E-state index contributed by atoms with van der Waals surface area (Å²) in [5.74, 6) is 0.615. The molecule has 1 aromatic heterocycles. The van der Waals surface area contributed by atoms with Gasteiger partial charge in [0, 0.05) is 12.2 Å². The van der Waals surface area contributed by atoms with Gasteiger partial charge in [0.05, 0.1) is 0 Å². The van der Waals surface area contributed by atoms with Crippen molar-refractivity contribution in [1.29, 1.82) is 0 Å². The zero-order valence-electron chi connectivity index (χ0n) is 7.17. The third kappa shape index (κ3) is 1.16. The van der Waals surface area contributed by atoms with Gasteiger partial charge in [-0.25, -0.2) is 4.98 Å². The number of nitrogens with two attached hydrogens (primary N) is 1.